The van der Waals surface area contributed by atoms with E-state index < -0.39 is 10.0 Å². The van der Waals surface area contributed by atoms with Crippen molar-refractivity contribution in [3.8, 4) is 11.4 Å². The van der Waals surface area contributed by atoms with Crippen molar-refractivity contribution >= 4 is 10.0 Å². The van der Waals surface area contributed by atoms with E-state index in [2.05, 4.69) is 15.6 Å². The monoisotopic (exact) mass is 349 g/mol. The van der Waals surface area contributed by atoms with Crippen molar-refractivity contribution in [2.75, 3.05) is 33.1 Å². The lowest BCUT2D eigenvalue weighted by molar-refractivity contribution is 0.182. The summed E-state index contributed by atoms with van der Waals surface area (Å²) in [6, 6.07) is 8.12. The zero-order valence-corrected chi connectivity index (χ0v) is 15.0. The van der Waals surface area contributed by atoms with Gasteiger partial charge in [0.25, 0.3) is 0 Å². The third kappa shape index (κ3) is 3.38. The molecule has 0 saturated carbocycles. The molecule has 1 aromatic heterocycles. The molecular weight excluding hydrogens is 326 g/mol. The molecule has 1 aliphatic heterocycles. The molecule has 1 fully saturated rings. The molecule has 1 aliphatic rings. The topological polar surface area (TPSA) is 64.4 Å². The molecule has 0 aliphatic carbocycles. The number of hydrogen-bond donors (Lipinski definition) is 0. The Morgan fingerprint density at radius 2 is 2.12 bits per heavy atom. The third-order valence-corrected chi connectivity index (χ3v) is 6.41. The molecule has 2 heterocycles. The number of nitrogens with zero attached hydrogens (tertiary/aromatic N) is 3. The van der Waals surface area contributed by atoms with Crippen LogP contribution in [0, 0.1) is 12.8 Å². The fraction of sp³-hybridized carbons (Fsp3) is 0.471. The Balaban J connectivity index is 1.91. The van der Waals surface area contributed by atoms with Crippen LogP contribution in [0.1, 0.15) is 11.6 Å². The molecule has 0 amide bonds. The van der Waals surface area contributed by atoms with Gasteiger partial charge in [-0.05, 0) is 13.0 Å². The van der Waals surface area contributed by atoms with Crippen LogP contribution in [0.3, 0.4) is 0 Å². The molecule has 1 aromatic carbocycles. The number of imidazole rings is 1. The summed E-state index contributed by atoms with van der Waals surface area (Å²) in [4.78, 5) is 4.49. The number of rotatable bonds is 5. The minimum Gasteiger partial charge on any atom is -0.379 e. The fourth-order valence-corrected chi connectivity index (χ4v) is 4.22. The molecular formula is C17H23N3O3S. The lowest BCUT2D eigenvalue weighted by Crippen LogP contribution is -2.32. The van der Waals surface area contributed by atoms with Crippen molar-refractivity contribution in [2.45, 2.75) is 13.0 Å². The number of sulfonamides is 1. The van der Waals surface area contributed by atoms with Crippen LogP contribution in [-0.2, 0) is 14.8 Å². The van der Waals surface area contributed by atoms with Crippen molar-refractivity contribution in [3.05, 3.63) is 42.2 Å². The van der Waals surface area contributed by atoms with Gasteiger partial charge in [-0.15, -0.1) is 0 Å². The van der Waals surface area contributed by atoms with E-state index in [0.29, 0.717) is 13.2 Å². The van der Waals surface area contributed by atoms with Gasteiger partial charge in [-0.3, -0.25) is 0 Å². The fourth-order valence-electron chi connectivity index (χ4n) is 3.06. The minimum atomic E-state index is -3.27. The van der Waals surface area contributed by atoms with E-state index in [0.717, 1.165) is 17.0 Å². The highest BCUT2D eigenvalue weighted by Crippen LogP contribution is 2.31. The number of aryl methyl sites for hydroxylation is 1. The van der Waals surface area contributed by atoms with E-state index in [4.69, 9.17) is 4.74 Å². The second-order valence-corrected chi connectivity index (χ2v) is 8.68. The van der Waals surface area contributed by atoms with Gasteiger partial charge in [-0.25, -0.2) is 17.7 Å². The van der Waals surface area contributed by atoms with E-state index in [9.17, 15) is 8.42 Å². The summed E-state index contributed by atoms with van der Waals surface area (Å²) in [5.74, 6) is 0.840. The first-order valence-electron chi connectivity index (χ1n) is 7.96. The molecule has 0 unspecified atom stereocenters. The quantitative estimate of drug-likeness (QED) is 0.827. The average molecular weight is 349 g/mol. The highest BCUT2D eigenvalue weighted by atomic mass is 32.2. The van der Waals surface area contributed by atoms with Gasteiger partial charge >= 0.3 is 0 Å². The SMILES string of the molecule is Cc1cccc(-c2nccn2[C@@H]2COC[C@H]2CS(=O)(=O)N(C)C)c1. The van der Waals surface area contributed by atoms with Gasteiger partial charge < -0.3 is 9.30 Å². The summed E-state index contributed by atoms with van der Waals surface area (Å²) in [6.45, 7) is 2.99. The average Bonchev–Trinajstić information content (AvgIpc) is 3.15. The minimum absolute atomic E-state index is 0.0299. The van der Waals surface area contributed by atoms with E-state index >= 15 is 0 Å². The molecule has 1 saturated heterocycles. The maximum Gasteiger partial charge on any atom is 0.214 e. The molecule has 3 rings (SSSR count). The molecule has 7 heteroatoms. The molecule has 6 nitrogen and oxygen atoms in total. The van der Waals surface area contributed by atoms with Gasteiger partial charge in [0.1, 0.15) is 5.82 Å². The molecule has 24 heavy (non-hydrogen) atoms. The summed E-state index contributed by atoms with van der Waals surface area (Å²) in [5.41, 5.74) is 2.19. The van der Waals surface area contributed by atoms with Crippen LogP contribution in [0.25, 0.3) is 11.4 Å². The van der Waals surface area contributed by atoms with Gasteiger partial charge in [-0.1, -0.05) is 23.8 Å². The standard InChI is InChI=1S/C17H23N3O3S/c1-13-5-4-6-14(9-13)17-18-7-8-20(17)16-11-23-10-15(16)12-24(21,22)19(2)3/h4-9,15-16H,10-12H2,1-3H3/t15-,16+/m0/s1. The lowest BCUT2D eigenvalue weighted by Gasteiger charge is -2.22. The summed E-state index contributed by atoms with van der Waals surface area (Å²) in [6.07, 6.45) is 3.67. The van der Waals surface area contributed by atoms with Crippen LogP contribution >= 0.6 is 0 Å². The summed E-state index contributed by atoms with van der Waals surface area (Å²) in [7, 11) is -0.140. The second kappa shape index (κ2) is 6.66. The largest absolute Gasteiger partial charge is 0.379 e. The van der Waals surface area contributed by atoms with Crippen molar-refractivity contribution in [3.63, 3.8) is 0 Å². The Kier molecular flexibility index (Phi) is 4.76. The predicted molar refractivity (Wildman–Crippen MR) is 93.2 cm³/mol. The Bertz CT molecular complexity index is 814. The number of benzene rings is 1. The molecule has 2 atom stereocenters. The Morgan fingerprint density at radius 1 is 1.33 bits per heavy atom. The lowest BCUT2D eigenvalue weighted by atomic mass is 10.1. The predicted octanol–water partition coefficient (Wildman–Crippen LogP) is 1.94. The smallest absolute Gasteiger partial charge is 0.214 e. The summed E-state index contributed by atoms with van der Waals surface area (Å²) in [5, 5.41) is 0. The van der Waals surface area contributed by atoms with Gasteiger partial charge in [0.15, 0.2) is 0 Å². The van der Waals surface area contributed by atoms with E-state index in [1.54, 1.807) is 20.3 Å². The number of hydrogen-bond acceptors (Lipinski definition) is 4. The molecule has 0 spiro atoms. The maximum absolute atomic E-state index is 12.2. The normalized spacial score (nSPS) is 21.5. The van der Waals surface area contributed by atoms with Gasteiger partial charge in [0.2, 0.25) is 10.0 Å². The molecule has 0 N–H and O–H groups in total. The molecule has 130 valence electrons. The Hall–Kier alpha value is -1.70. The van der Waals surface area contributed by atoms with E-state index in [1.165, 1.54) is 4.31 Å². The molecule has 0 radical (unpaired) electrons. The first kappa shape index (κ1) is 17.1. The van der Waals surface area contributed by atoms with Gasteiger partial charge in [-0.2, -0.15) is 0 Å². The number of aromatic nitrogens is 2. The first-order valence-corrected chi connectivity index (χ1v) is 9.57. The van der Waals surface area contributed by atoms with E-state index in [1.807, 2.05) is 31.3 Å². The van der Waals surface area contributed by atoms with Gasteiger partial charge in [0.05, 0.1) is 25.0 Å². The highest BCUT2D eigenvalue weighted by molar-refractivity contribution is 7.89. The maximum atomic E-state index is 12.2. The second-order valence-electron chi connectivity index (χ2n) is 6.45. The van der Waals surface area contributed by atoms with Crippen LogP contribution in [-0.4, -0.2) is 55.3 Å². The summed E-state index contributed by atoms with van der Waals surface area (Å²) >= 11 is 0. The van der Waals surface area contributed by atoms with Crippen molar-refractivity contribution in [1.82, 2.24) is 13.9 Å². The third-order valence-electron chi connectivity index (χ3n) is 4.45. The van der Waals surface area contributed by atoms with Crippen molar-refractivity contribution in [2.24, 2.45) is 5.92 Å². The van der Waals surface area contributed by atoms with Crippen LogP contribution < -0.4 is 0 Å². The molecule has 2 aromatic rings. The molecule has 0 bridgehead atoms. The van der Waals surface area contributed by atoms with Crippen molar-refractivity contribution < 1.29 is 13.2 Å². The van der Waals surface area contributed by atoms with Crippen LogP contribution in [0.4, 0.5) is 0 Å². The van der Waals surface area contributed by atoms with E-state index in [-0.39, 0.29) is 17.7 Å². The Morgan fingerprint density at radius 3 is 2.83 bits per heavy atom. The first-order chi connectivity index (χ1) is 11.4. The zero-order chi connectivity index (χ0) is 17.3. The zero-order valence-electron chi connectivity index (χ0n) is 14.2. The number of ether oxygens (including phenoxy) is 1. The van der Waals surface area contributed by atoms with Gasteiger partial charge in [0, 0.05) is 38.0 Å². The van der Waals surface area contributed by atoms with Crippen LogP contribution in [0.15, 0.2) is 36.7 Å². The van der Waals surface area contributed by atoms with Crippen molar-refractivity contribution in [1.29, 1.82) is 0 Å². The van der Waals surface area contributed by atoms with Crippen LogP contribution in [0.2, 0.25) is 0 Å². The van der Waals surface area contributed by atoms with Crippen LogP contribution in [0.5, 0.6) is 0 Å². The Labute approximate surface area is 143 Å². The highest BCUT2D eigenvalue weighted by Gasteiger charge is 2.35. The summed E-state index contributed by atoms with van der Waals surface area (Å²) < 4.78 is 33.4.